The zero-order chi connectivity index (χ0) is 23.0. The molecule has 1 aliphatic rings. The first kappa shape index (κ1) is 21.2. The van der Waals surface area contributed by atoms with Crippen LogP contribution in [0.5, 0.6) is 0 Å². The number of halogens is 2. The van der Waals surface area contributed by atoms with E-state index in [1.54, 1.807) is 18.2 Å². The third kappa shape index (κ3) is 3.72. The van der Waals surface area contributed by atoms with Crippen LogP contribution in [0.15, 0.2) is 72.4 Å². The van der Waals surface area contributed by atoms with Crippen LogP contribution in [0.25, 0.3) is 5.57 Å². The number of imide groups is 1. The van der Waals surface area contributed by atoms with Gasteiger partial charge in [-0.25, -0.2) is 9.29 Å². The van der Waals surface area contributed by atoms with Crippen molar-refractivity contribution >= 4 is 46.1 Å². The number of nitrogens with zero attached hydrogens (tertiary/aromatic N) is 2. The summed E-state index contributed by atoms with van der Waals surface area (Å²) in [6, 6.07) is 15.6. The summed E-state index contributed by atoms with van der Waals surface area (Å²) in [7, 11) is 0. The van der Waals surface area contributed by atoms with Crippen LogP contribution in [0.3, 0.4) is 0 Å². The topological polar surface area (TPSA) is 92.6 Å². The van der Waals surface area contributed by atoms with E-state index in [1.807, 2.05) is 6.92 Å². The molecule has 0 aromatic heterocycles. The van der Waals surface area contributed by atoms with Crippen molar-refractivity contribution in [1.82, 2.24) is 0 Å². The zero-order valence-corrected chi connectivity index (χ0v) is 17.4. The Bertz CT molecular complexity index is 1300. The Labute approximate surface area is 186 Å². The first-order chi connectivity index (χ1) is 15.3. The van der Waals surface area contributed by atoms with Gasteiger partial charge in [0.1, 0.15) is 11.5 Å². The minimum atomic E-state index is -0.759. The normalized spacial score (nSPS) is 13.7. The summed E-state index contributed by atoms with van der Waals surface area (Å²) in [6.45, 7) is 1.82. The molecule has 0 fully saturated rings. The molecular formula is C23H15ClFN3O4. The Morgan fingerprint density at radius 3 is 2.31 bits per heavy atom. The van der Waals surface area contributed by atoms with Crippen molar-refractivity contribution in [2.24, 2.45) is 0 Å². The maximum atomic E-state index is 14.4. The number of amides is 2. The number of nitro groups is 1. The van der Waals surface area contributed by atoms with Crippen LogP contribution in [-0.2, 0) is 9.59 Å². The van der Waals surface area contributed by atoms with Gasteiger partial charge in [-0.2, -0.15) is 0 Å². The number of aryl methyl sites for hydroxylation is 1. The summed E-state index contributed by atoms with van der Waals surface area (Å²) < 4.78 is 14.4. The lowest BCUT2D eigenvalue weighted by atomic mass is 10.0. The molecule has 0 unspecified atom stereocenters. The molecule has 3 aromatic rings. The van der Waals surface area contributed by atoms with Crippen LogP contribution in [0.1, 0.15) is 11.1 Å². The highest BCUT2D eigenvalue weighted by molar-refractivity contribution is 6.46. The van der Waals surface area contributed by atoms with Crippen molar-refractivity contribution in [2.45, 2.75) is 6.92 Å². The summed E-state index contributed by atoms with van der Waals surface area (Å²) in [4.78, 5) is 37.7. The molecule has 4 rings (SSSR count). The van der Waals surface area contributed by atoms with Crippen LogP contribution >= 0.6 is 11.6 Å². The number of carbonyl (C=O) groups is 2. The Balaban J connectivity index is 1.84. The van der Waals surface area contributed by atoms with Crippen LogP contribution in [0.4, 0.5) is 21.5 Å². The monoisotopic (exact) mass is 451 g/mol. The second-order valence-corrected chi connectivity index (χ2v) is 7.45. The van der Waals surface area contributed by atoms with E-state index in [9.17, 15) is 24.1 Å². The van der Waals surface area contributed by atoms with Crippen molar-refractivity contribution in [3.63, 3.8) is 0 Å². The summed E-state index contributed by atoms with van der Waals surface area (Å²) in [5.41, 5.74) is 1.05. The van der Waals surface area contributed by atoms with Crippen molar-refractivity contribution < 1.29 is 18.9 Å². The molecule has 1 heterocycles. The van der Waals surface area contributed by atoms with Gasteiger partial charge >= 0.3 is 0 Å². The number of hydrogen-bond donors (Lipinski definition) is 1. The molecule has 3 aromatic carbocycles. The van der Waals surface area contributed by atoms with Crippen molar-refractivity contribution in [2.75, 3.05) is 10.2 Å². The number of non-ortho nitro benzene ring substituents is 1. The SMILES string of the molecule is Cc1ccc(NC2=C(c3ccc([N+](=O)[O-])cc3)C(=O)N(c3ccccc3F)C2=O)cc1Cl. The van der Waals surface area contributed by atoms with E-state index in [0.29, 0.717) is 10.7 Å². The molecule has 0 bridgehead atoms. The van der Waals surface area contributed by atoms with Gasteiger partial charge in [0.15, 0.2) is 0 Å². The molecule has 9 heteroatoms. The number of rotatable bonds is 5. The molecule has 0 saturated carbocycles. The molecule has 7 nitrogen and oxygen atoms in total. The van der Waals surface area contributed by atoms with Crippen molar-refractivity contribution in [1.29, 1.82) is 0 Å². The van der Waals surface area contributed by atoms with Crippen LogP contribution in [0.2, 0.25) is 5.02 Å². The Hall–Kier alpha value is -4.04. The second-order valence-electron chi connectivity index (χ2n) is 7.04. The lowest BCUT2D eigenvalue weighted by Gasteiger charge is -2.16. The standard InChI is InChI=1S/C23H15ClFN3O4/c1-13-6-9-15(12-17(13)24)26-21-20(14-7-10-16(11-8-14)28(31)32)22(29)27(23(21)30)19-5-3-2-4-18(19)25/h2-12,26H,1H3. The van der Waals surface area contributed by atoms with E-state index in [-0.39, 0.29) is 28.2 Å². The summed E-state index contributed by atoms with van der Waals surface area (Å²) >= 11 is 6.18. The third-order valence-corrected chi connectivity index (χ3v) is 5.39. The van der Waals surface area contributed by atoms with E-state index >= 15 is 0 Å². The molecule has 0 spiro atoms. The number of benzene rings is 3. The number of carbonyl (C=O) groups excluding carboxylic acids is 2. The van der Waals surface area contributed by atoms with Gasteiger partial charge in [0.2, 0.25) is 0 Å². The lowest BCUT2D eigenvalue weighted by molar-refractivity contribution is -0.384. The van der Waals surface area contributed by atoms with Gasteiger partial charge in [-0.3, -0.25) is 19.7 Å². The smallest absolute Gasteiger partial charge is 0.282 e. The molecule has 1 aliphatic heterocycles. The highest BCUT2D eigenvalue weighted by Crippen LogP contribution is 2.35. The molecule has 2 amide bonds. The fraction of sp³-hybridized carbons (Fsp3) is 0.0435. The van der Waals surface area contributed by atoms with E-state index in [1.165, 1.54) is 42.5 Å². The summed E-state index contributed by atoms with van der Waals surface area (Å²) in [5.74, 6) is -2.25. The van der Waals surface area contributed by atoms with E-state index in [0.717, 1.165) is 16.5 Å². The van der Waals surface area contributed by atoms with Gasteiger partial charge < -0.3 is 5.32 Å². The molecule has 1 N–H and O–H groups in total. The van der Waals surface area contributed by atoms with Crippen molar-refractivity contribution in [3.8, 4) is 0 Å². The van der Waals surface area contributed by atoms with Gasteiger partial charge in [0.05, 0.1) is 16.2 Å². The minimum absolute atomic E-state index is 0.0372. The van der Waals surface area contributed by atoms with Crippen LogP contribution in [0, 0.1) is 22.9 Å². The first-order valence-corrected chi connectivity index (χ1v) is 9.81. The molecule has 0 atom stereocenters. The van der Waals surface area contributed by atoms with Gasteiger partial charge in [0.25, 0.3) is 17.5 Å². The number of para-hydroxylation sites is 1. The van der Waals surface area contributed by atoms with E-state index in [4.69, 9.17) is 11.6 Å². The average molecular weight is 452 g/mol. The maximum absolute atomic E-state index is 14.4. The fourth-order valence-electron chi connectivity index (χ4n) is 3.33. The Morgan fingerprint density at radius 1 is 1.00 bits per heavy atom. The average Bonchev–Trinajstić information content (AvgIpc) is 3.01. The Morgan fingerprint density at radius 2 is 1.69 bits per heavy atom. The number of nitrogens with one attached hydrogen (secondary N) is 1. The van der Waals surface area contributed by atoms with E-state index < -0.39 is 22.6 Å². The van der Waals surface area contributed by atoms with Crippen molar-refractivity contribution in [3.05, 3.63) is 105 Å². The number of hydrogen-bond acceptors (Lipinski definition) is 5. The zero-order valence-electron chi connectivity index (χ0n) is 16.6. The first-order valence-electron chi connectivity index (χ1n) is 9.43. The van der Waals surface area contributed by atoms with Gasteiger partial charge in [-0.05, 0) is 54.4 Å². The van der Waals surface area contributed by atoms with E-state index in [2.05, 4.69) is 5.32 Å². The molecule has 0 radical (unpaired) electrons. The maximum Gasteiger partial charge on any atom is 0.282 e. The second kappa shape index (κ2) is 8.24. The van der Waals surface area contributed by atoms with Gasteiger partial charge in [-0.1, -0.05) is 29.8 Å². The number of nitro benzene ring substituents is 1. The van der Waals surface area contributed by atoms with Gasteiger partial charge in [-0.15, -0.1) is 0 Å². The Kier molecular flexibility index (Phi) is 5.46. The predicted molar refractivity (Wildman–Crippen MR) is 119 cm³/mol. The molecular weight excluding hydrogens is 437 g/mol. The van der Waals surface area contributed by atoms with Crippen LogP contribution in [-0.4, -0.2) is 16.7 Å². The highest BCUT2D eigenvalue weighted by Gasteiger charge is 2.41. The number of anilines is 2. The quantitative estimate of drug-likeness (QED) is 0.331. The molecule has 32 heavy (non-hydrogen) atoms. The van der Waals surface area contributed by atoms with Crippen LogP contribution < -0.4 is 10.2 Å². The highest BCUT2D eigenvalue weighted by atomic mass is 35.5. The third-order valence-electron chi connectivity index (χ3n) is 4.99. The summed E-state index contributed by atoms with van der Waals surface area (Å²) in [6.07, 6.45) is 0. The molecule has 0 saturated heterocycles. The minimum Gasteiger partial charge on any atom is -0.350 e. The summed E-state index contributed by atoms with van der Waals surface area (Å²) in [5, 5.41) is 14.4. The molecule has 0 aliphatic carbocycles. The van der Waals surface area contributed by atoms with Gasteiger partial charge in [0, 0.05) is 22.8 Å². The largest absolute Gasteiger partial charge is 0.350 e. The lowest BCUT2D eigenvalue weighted by Crippen LogP contribution is -2.33. The predicted octanol–water partition coefficient (Wildman–Crippen LogP) is 5.09. The molecule has 160 valence electrons. The fourth-order valence-corrected chi connectivity index (χ4v) is 3.51.